The number of pyridine rings is 1. The standard InChI is InChI=1S/C22H18N4O2S/c1-28-15-11-12-19-17(13-15)20(16-9-5-6-10-18(16)24-19)26(22(23)29)25-21(27)14-7-3-2-4-8-14/h2-13H,1H3,(H2,23,29)(H,25,27). The number of ether oxygens (including phenoxy) is 1. The summed E-state index contributed by atoms with van der Waals surface area (Å²) in [4.78, 5) is 17.5. The number of aromatic nitrogens is 1. The van der Waals surface area contributed by atoms with Gasteiger partial charge in [-0.25, -0.2) is 9.99 Å². The first-order chi connectivity index (χ1) is 14.1. The van der Waals surface area contributed by atoms with Crippen molar-refractivity contribution in [1.29, 1.82) is 0 Å². The van der Waals surface area contributed by atoms with Crippen LogP contribution in [0.1, 0.15) is 10.4 Å². The van der Waals surface area contributed by atoms with Gasteiger partial charge in [-0.15, -0.1) is 0 Å². The topological polar surface area (TPSA) is 80.5 Å². The van der Waals surface area contributed by atoms with E-state index in [1.807, 2.05) is 48.5 Å². The Bertz CT molecular complexity index is 1230. The predicted octanol–water partition coefficient (Wildman–Crippen LogP) is 3.79. The Morgan fingerprint density at radius 2 is 1.69 bits per heavy atom. The third kappa shape index (κ3) is 3.55. The SMILES string of the molecule is COc1ccc2nc3ccccc3c(N(NC(=O)c3ccccc3)C(N)=S)c2c1. The number of hydrogen-bond donors (Lipinski definition) is 2. The molecule has 6 nitrogen and oxygen atoms in total. The van der Waals surface area contributed by atoms with E-state index in [-0.39, 0.29) is 11.0 Å². The van der Waals surface area contributed by atoms with Crippen LogP contribution >= 0.6 is 12.2 Å². The smallest absolute Gasteiger partial charge is 0.270 e. The molecule has 1 heterocycles. The van der Waals surface area contributed by atoms with Crippen molar-refractivity contribution in [3.05, 3.63) is 78.4 Å². The lowest BCUT2D eigenvalue weighted by atomic mass is 10.1. The summed E-state index contributed by atoms with van der Waals surface area (Å²) in [7, 11) is 1.60. The first-order valence-corrected chi connectivity index (χ1v) is 9.31. The van der Waals surface area contributed by atoms with Crippen LogP contribution in [0.15, 0.2) is 72.8 Å². The summed E-state index contributed by atoms with van der Waals surface area (Å²) in [6, 6.07) is 22.0. The molecular formula is C22H18N4O2S. The second-order valence-electron chi connectivity index (χ2n) is 6.34. The van der Waals surface area contributed by atoms with Crippen molar-refractivity contribution in [2.75, 3.05) is 12.1 Å². The molecule has 4 aromatic rings. The summed E-state index contributed by atoms with van der Waals surface area (Å²) in [5, 5.41) is 2.99. The first kappa shape index (κ1) is 18.6. The Labute approximate surface area is 172 Å². The maximum absolute atomic E-state index is 12.8. The number of nitrogens with two attached hydrogens (primary N) is 1. The molecule has 0 fully saturated rings. The number of hydrogen-bond acceptors (Lipinski definition) is 4. The minimum absolute atomic E-state index is 0.00903. The van der Waals surface area contributed by atoms with Gasteiger partial charge < -0.3 is 10.5 Å². The van der Waals surface area contributed by atoms with Crippen LogP contribution in [0.25, 0.3) is 21.8 Å². The van der Waals surface area contributed by atoms with Gasteiger partial charge in [-0.1, -0.05) is 36.4 Å². The number of para-hydroxylation sites is 1. The van der Waals surface area contributed by atoms with E-state index in [1.54, 1.807) is 31.4 Å². The van der Waals surface area contributed by atoms with Gasteiger partial charge in [0.25, 0.3) is 5.91 Å². The summed E-state index contributed by atoms with van der Waals surface area (Å²) in [5.41, 5.74) is 11.5. The molecule has 0 aliphatic heterocycles. The van der Waals surface area contributed by atoms with Gasteiger partial charge in [-0.3, -0.25) is 10.2 Å². The van der Waals surface area contributed by atoms with E-state index in [0.717, 1.165) is 21.8 Å². The maximum atomic E-state index is 12.8. The molecule has 144 valence electrons. The largest absolute Gasteiger partial charge is 0.497 e. The van der Waals surface area contributed by atoms with E-state index < -0.39 is 0 Å². The zero-order valence-electron chi connectivity index (χ0n) is 15.6. The molecule has 1 amide bonds. The minimum atomic E-state index is -0.324. The van der Waals surface area contributed by atoms with E-state index in [1.165, 1.54) is 5.01 Å². The lowest BCUT2D eigenvalue weighted by Gasteiger charge is -2.26. The quantitative estimate of drug-likeness (QED) is 0.308. The molecule has 0 atom stereocenters. The lowest BCUT2D eigenvalue weighted by molar-refractivity contribution is 0.0955. The molecule has 0 bridgehead atoms. The number of methoxy groups -OCH3 is 1. The molecule has 0 saturated carbocycles. The highest BCUT2D eigenvalue weighted by Crippen LogP contribution is 2.35. The summed E-state index contributed by atoms with van der Waals surface area (Å²) < 4.78 is 5.38. The number of thiocarbonyl (C=S) groups is 1. The number of hydrazine groups is 1. The first-order valence-electron chi connectivity index (χ1n) is 8.90. The Morgan fingerprint density at radius 1 is 1.00 bits per heavy atom. The molecule has 0 saturated heterocycles. The predicted molar refractivity (Wildman–Crippen MR) is 119 cm³/mol. The van der Waals surface area contributed by atoms with E-state index >= 15 is 0 Å². The third-order valence-corrected chi connectivity index (χ3v) is 4.73. The fourth-order valence-electron chi connectivity index (χ4n) is 3.19. The van der Waals surface area contributed by atoms with Crippen LogP contribution in [0.3, 0.4) is 0 Å². The number of anilines is 1. The van der Waals surface area contributed by atoms with Crippen LogP contribution in [-0.2, 0) is 0 Å². The number of fused-ring (bicyclic) bond motifs is 2. The summed E-state index contributed by atoms with van der Waals surface area (Å²) >= 11 is 5.29. The number of nitrogens with zero attached hydrogens (tertiary/aromatic N) is 2. The maximum Gasteiger partial charge on any atom is 0.270 e. The molecular weight excluding hydrogens is 384 g/mol. The molecule has 3 aromatic carbocycles. The molecule has 0 aliphatic carbocycles. The van der Waals surface area contributed by atoms with Crippen LogP contribution in [0.4, 0.5) is 5.69 Å². The zero-order valence-corrected chi connectivity index (χ0v) is 16.4. The Kier molecular flexibility index (Phi) is 4.97. The monoisotopic (exact) mass is 402 g/mol. The van der Waals surface area contributed by atoms with Crippen LogP contribution < -0.4 is 20.9 Å². The van der Waals surface area contributed by atoms with E-state index in [2.05, 4.69) is 5.43 Å². The van der Waals surface area contributed by atoms with Gasteiger partial charge in [0.1, 0.15) is 5.75 Å². The van der Waals surface area contributed by atoms with Crippen molar-refractivity contribution < 1.29 is 9.53 Å². The molecule has 7 heteroatoms. The summed E-state index contributed by atoms with van der Waals surface area (Å²) in [5.74, 6) is 0.337. The van der Waals surface area contributed by atoms with Gasteiger partial charge in [0.05, 0.1) is 23.8 Å². The van der Waals surface area contributed by atoms with Crippen molar-refractivity contribution in [3.8, 4) is 5.75 Å². The van der Waals surface area contributed by atoms with Gasteiger partial charge in [0, 0.05) is 16.3 Å². The molecule has 0 spiro atoms. The molecule has 29 heavy (non-hydrogen) atoms. The van der Waals surface area contributed by atoms with Gasteiger partial charge in [0.2, 0.25) is 0 Å². The van der Waals surface area contributed by atoms with Crippen LogP contribution in [0.2, 0.25) is 0 Å². The average molecular weight is 402 g/mol. The minimum Gasteiger partial charge on any atom is -0.497 e. The third-order valence-electron chi connectivity index (χ3n) is 4.55. The highest BCUT2D eigenvalue weighted by atomic mass is 32.1. The summed E-state index contributed by atoms with van der Waals surface area (Å²) in [6.07, 6.45) is 0. The van der Waals surface area contributed by atoms with Gasteiger partial charge in [-0.2, -0.15) is 0 Å². The van der Waals surface area contributed by atoms with E-state index in [9.17, 15) is 4.79 Å². The van der Waals surface area contributed by atoms with Crippen molar-refractivity contribution in [2.45, 2.75) is 0 Å². The van der Waals surface area contributed by atoms with Crippen molar-refractivity contribution >= 4 is 50.7 Å². The number of carbonyl (C=O) groups excluding carboxylic acids is 1. The normalized spacial score (nSPS) is 10.7. The molecule has 0 aliphatic rings. The summed E-state index contributed by atoms with van der Waals surface area (Å²) in [6.45, 7) is 0. The average Bonchev–Trinajstić information content (AvgIpc) is 2.76. The Morgan fingerprint density at radius 3 is 2.41 bits per heavy atom. The highest BCUT2D eigenvalue weighted by molar-refractivity contribution is 7.80. The second-order valence-corrected chi connectivity index (χ2v) is 6.76. The lowest BCUT2D eigenvalue weighted by Crippen LogP contribution is -2.49. The molecule has 3 N–H and O–H groups in total. The van der Waals surface area contributed by atoms with Gasteiger partial charge in [0.15, 0.2) is 5.11 Å². The number of carbonyl (C=O) groups is 1. The molecule has 4 rings (SSSR count). The number of rotatable bonds is 3. The van der Waals surface area contributed by atoms with Crippen molar-refractivity contribution in [2.24, 2.45) is 5.73 Å². The Hall–Kier alpha value is -3.71. The molecule has 0 unspecified atom stereocenters. The fourth-order valence-corrected chi connectivity index (χ4v) is 3.33. The highest BCUT2D eigenvalue weighted by Gasteiger charge is 2.21. The van der Waals surface area contributed by atoms with Crippen molar-refractivity contribution in [3.63, 3.8) is 0 Å². The van der Waals surface area contributed by atoms with Crippen LogP contribution in [0.5, 0.6) is 5.75 Å². The van der Waals surface area contributed by atoms with Gasteiger partial charge >= 0.3 is 0 Å². The molecule has 1 aromatic heterocycles. The van der Waals surface area contributed by atoms with Crippen LogP contribution in [0, 0.1) is 0 Å². The Balaban J connectivity index is 1.93. The van der Waals surface area contributed by atoms with Crippen molar-refractivity contribution in [1.82, 2.24) is 10.4 Å². The van der Waals surface area contributed by atoms with E-state index in [0.29, 0.717) is 17.0 Å². The number of amides is 1. The fraction of sp³-hybridized carbons (Fsp3) is 0.0455. The zero-order chi connectivity index (χ0) is 20.4. The number of benzene rings is 3. The second kappa shape index (κ2) is 7.73. The number of nitrogens with one attached hydrogen (secondary N) is 1. The van der Waals surface area contributed by atoms with E-state index in [4.69, 9.17) is 27.7 Å². The van der Waals surface area contributed by atoms with Gasteiger partial charge in [-0.05, 0) is 48.6 Å². The molecule has 0 radical (unpaired) electrons. The van der Waals surface area contributed by atoms with Crippen LogP contribution in [-0.4, -0.2) is 23.1 Å².